The van der Waals surface area contributed by atoms with Gasteiger partial charge in [-0.25, -0.2) is 0 Å². The third kappa shape index (κ3) is 5.37. The molecule has 0 unspecified atom stereocenters. The monoisotopic (exact) mass is 606 g/mol. The van der Waals surface area contributed by atoms with Crippen molar-refractivity contribution in [2.45, 2.75) is 51.4 Å². The lowest BCUT2D eigenvalue weighted by molar-refractivity contribution is -0.195. The number of halogens is 4. The molecule has 2 aromatic heterocycles. The molecule has 8 nitrogen and oxygen atoms in total. The van der Waals surface area contributed by atoms with E-state index in [9.17, 15) is 18.4 Å². The second kappa shape index (κ2) is 10.5. The van der Waals surface area contributed by atoms with Gasteiger partial charge in [0.25, 0.3) is 0 Å². The zero-order valence-electron chi connectivity index (χ0n) is 23.8. The Morgan fingerprint density at radius 2 is 1.93 bits per heavy atom. The minimum absolute atomic E-state index is 0.00580. The molecule has 2 aliphatic rings. The molecule has 1 fully saturated rings. The lowest BCUT2D eigenvalue weighted by Crippen LogP contribution is -2.52. The van der Waals surface area contributed by atoms with Crippen LogP contribution in [0.5, 0.6) is 0 Å². The second-order valence-electron chi connectivity index (χ2n) is 12.2. The molecule has 1 atom stereocenters. The van der Waals surface area contributed by atoms with E-state index in [1.54, 1.807) is 18.5 Å². The van der Waals surface area contributed by atoms with E-state index in [2.05, 4.69) is 58.4 Å². The molecule has 1 saturated carbocycles. The van der Waals surface area contributed by atoms with Crippen molar-refractivity contribution in [3.63, 3.8) is 0 Å². The van der Waals surface area contributed by atoms with Gasteiger partial charge in [0.1, 0.15) is 6.07 Å². The number of alkyl halides is 3. The van der Waals surface area contributed by atoms with E-state index in [0.29, 0.717) is 45.1 Å². The van der Waals surface area contributed by atoms with Crippen molar-refractivity contribution >= 4 is 44.7 Å². The fraction of sp³-hybridized carbons (Fsp3) is 0.323. The Balaban J connectivity index is 1.46. The summed E-state index contributed by atoms with van der Waals surface area (Å²) in [5.74, 6) is 0. The van der Waals surface area contributed by atoms with Crippen molar-refractivity contribution in [1.29, 1.82) is 5.26 Å². The summed E-state index contributed by atoms with van der Waals surface area (Å²) in [5, 5.41) is 20.7. The highest BCUT2D eigenvalue weighted by atomic mass is 35.5. The van der Waals surface area contributed by atoms with Crippen molar-refractivity contribution < 1.29 is 13.2 Å². The first-order valence-corrected chi connectivity index (χ1v) is 14.2. The first-order chi connectivity index (χ1) is 20.4. The third-order valence-corrected chi connectivity index (χ3v) is 8.08. The Labute approximate surface area is 251 Å². The van der Waals surface area contributed by atoms with Crippen LogP contribution >= 0.6 is 11.6 Å². The number of fused-ring (bicyclic) bond motifs is 2. The van der Waals surface area contributed by atoms with E-state index < -0.39 is 17.8 Å². The number of nitriles is 1. The number of nitrogens with one attached hydrogen (secondary N) is 4. The summed E-state index contributed by atoms with van der Waals surface area (Å²) in [6.07, 6.45) is 2.03. The van der Waals surface area contributed by atoms with Crippen molar-refractivity contribution in [3.05, 3.63) is 83.0 Å². The van der Waals surface area contributed by atoms with Gasteiger partial charge < -0.3 is 16.1 Å². The zero-order chi connectivity index (χ0) is 30.6. The molecule has 222 valence electrons. The van der Waals surface area contributed by atoms with Crippen molar-refractivity contribution in [2.75, 3.05) is 17.2 Å². The molecule has 0 saturated heterocycles. The van der Waals surface area contributed by atoms with Crippen LogP contribution < -0.4 is 21.6 Å². The molecule has 3 heterocycles. The summed E-state index contributed by atoms with van der Waals surface area (Å²) >= 11 is 6.75. The summed E-state index contributed by atoms with van der Waals surface area (Å²) < 4.78 is 41.9. The van der Waals surface area contributed by atoms with Gasteiger partial charge >= 0.3 is 6.18 Å². The summed E-state index contributed by atoms with van der Waals surface area (Å²) in [6, 6.07) is 12.8. The SMILES string of the molecule is CC(C)(C)CNc1c(C#N)cnc2c(Cl)cc(N[C@H](C3=CN(C4(C(F)(F)F)CC4)NN3)c3cccc4cnccc34)cc12. The van der Waals surface area contributed by atoms with Crippen molar-refractivity contribution in [1.82, 2.24) is 25.9 Å². The number of hydrazine groups is 2. The molecule has 6 rings (SSSR count). The minimum atomic E-state index is -4.39. The van der Waals surface area contributed by atoms with Crippen molar-refractivity contribution in [3.8, 4) is 6.07 Å². The smallest absolute Gasteiger partial charge is 0.383 e. The van der Waals surface area contributed by atoms with Crippen LogP contribution in [0.1, 0.15) is 50.8 Å². The van der Waals surface area contributed by atoms with E-state index in [4.69, 9.17) is 11.6 Å². The van der Waals surface area contributed by atoms with Crippen LogP contribution in [0.4, 0.5) is 24.5 Å². The number of rotatable bonds is 7. The number of hydrogen-bond acceptors (Lipinski definition) is 8. The predicted molar refractivity (Wildman–Crippen MR) is 162 cm³/mol. The average Bonchev–Trinajstić information content (AvgIpc) is 3.65. The molecule has 0 radical (unpaired) electrons. The average molecular weight is 607 g/mol. The first-order valence-electron chi connectivity index (χ1n) is 13.9. The molecule has 1 aliphatic carbocycles. The lowest BCUT2D eigenvalue weighted by atomic mass is 9.96. The predicted octanol–water partition coefficient (Wildman–Crippen LogP) is 7.18. The van der Waals surface area contributed by atoms with E-state index in [1.165, 1.54) is 12.4 Å². The van der Waals surface area contributed by atoms with Gasteiger partial charge in [0.05, 0.1) is 33.5 Å². The van der Waals surface area contributed by atoms with Crippen LogP contribution in [0, 0.1) is 16.7 Å². The summed E-state index contributed by atoms with van der Waals surface area (Å²) in [5.41, 5.74) is 7.15. The molecular weight excluding hydrogens is 577 g/mol. The maximum atomic E-state index is 14.0. The molecule has 2 aromatic carbocycles. The number of benzene rings is 2. The largest absolute Gasteiger partial charge is 0.413 e. The normalized spacial score (nSPS) is 16.9. The van der Waals surface area contributed by atoms with Gasteiger partial charge in [-0.15, -0.1) is 5.53 Å². The molecule has 12 heteroatoms. The molecule has 43 heavy (non-hydrogen) atoms. The van der Waals surface area contributed by atoms with Crippen LogP contribution in [-0.2, 0) is 0 Å². The maximum Gasteiger partial charge on any atom is 0.413 e. The van der Waals surface area contributed by atoms with E-state index in [-0.39, 0.29) is 18.3 Å². The molecule has 0 spiro atoms. The molecule has 0 amide bonds. The molecule has 4 aromatic rings. The molecule has 0 bridgehead atoms. The van der Waals surface area contributed by atoms with Gasteiger partial charge in [0.2, 0.25) is 0 Å². The van der Waals surface area contributed by atoms with Gasteiger partial charge in [-0.3, -0.25) is 15.0 Å². The first kappa shape index (κ1) is 28.8. The number of aromatic nitrogens is 2. The van der Waals surface area contributed by atoms with Crippen LogP contribution in [0.15, 0.2) is 66.9 Å². The fourth-order valence-corrected chi connectivity index (χ4v) is 5.61. The third-order valence-electron chi connectivity index (χ3n) is 7.79. The highest BCUT2D eigenvalue weighted by Crippen LogP contribution is 2.54. The van der Waals surface area contributed by atoms with Crippen molar-refractivity contribution in [2.24, 2.45) is 5.41 Å². The van der Waals surface area contributed by atoms with Crippen LogP contribution in [0.25, 0.3) is 21.7 Å². The Bertz CT molecular complexity index is 1780. The molecule has 1 aliphatic heterocycles. The molecule has 4 N–H and O–H groups in total. The summed E-state index contributed by atoms with van der Waals surface area (Å²) in [7, 11) is 0. The topological polar surface area (TPSA) is 101 Å². The van der Waals surface area contributed by atoms with Crippen LogP contribution in [0.3, 0.4) is 0 Å². The van der Waals surface area contributed by atoms with E-state index in [0.717, 1.165) is 21.3 Å². The number of pyridine rings is 2. The highest BCUT2D eigenvalue weighted by molar-refractivity contribution is 6.35. The second-order valence-corrected chi connectivity index (χ2v) is 12.6. The Morgan fingerprint density at radius 3 is 2.63 bits per heavy atom. The minimum Gasteiger partial charge on any atom is -0.383 e. The summed E-state index contributed by atoms with van der Waals surface area (Å²) in [4.78, 5) is 8.67. The molecular formula is C31H30ClF3N8. The zero-order valence-corrected chi connectivity index (χ0v) is 24.5. The fourth-order valence-electron chi connectivity index (χ4n) is 5.35. The lowest BCUT2D eigenvalue weighted by Gasteiger charge is -2.28. The maximum absolute atomic E-state index is 14.0. The van der Waals surface area contributed by atoms with Gasteiger partial charge in [-0.1, -0.05) is 50.6 Å². The quantitative estimate of drug-likeness (QED) is 0.176. The highest BCUT2D eigenvalue weighted by Gasteiger charge is 2.67. The van der Waals surface area contributed by atoms with Gasteiger partial charge in [0.15, 0.2) is 5.54 Å². The van der Waals surface area contributed by atoms with E-state index in [1.807, 2.05) is 30.3 Å². The van der Waals surface area contributed by atoms with Crippen LogP contribution in [0.2, 0.25) is 5.02 Å². The Hall–Kier alpha value is -4.27. The number of anilines is 2. The Kier molecular flexibility index (Phi) is 7.02. The van der Waals surface area contributed by atoms with Gasteiger partial charge in [0, 0.05) is 47.8 Å². The van der Waals surface area contributed by atoms with Gasteiger partial charge in [-0.05, 0) is 47.4 Å². The van der Waals surface area contributed by atoms with E-state index >= 15 is 0 Å². The Morgan fingerprint density at radius 1 is 1.14 bits per heavy atom. The van der Waals surface area contributed by atoms with Gasteiger partial charge in [-0.2, -0.15) is 18.4 Å². The van der Waals surface area contributed by atoms with Crippen LogP contribution in [-0.4, -0.2) is 33.2 Å². The standard InChI is InChI=1S/C31H30ClF3N8/c1-29(2,3)17-39-26-19(13-36)15-38-27-23(26)11-20(12-24(27)32)40-28(22-6-4-5-18-14-37-10-7-21(18)22)25-16-43(42-41-25)30(8-9-30)31(33,34)35/h4-7,10-12,14-16,28,40-42H,8-9,17H2,1-3H3,(H,38,39)/t28-/m0/s1. The number of hydrogen-bond donors (Lipinski definition) is 4. The summed E-state index contributed by atoms with van der Waals surface area (Å²) in [6.45, 7) is 6.86. The number of nitrogens with zero attached hydrogens (tertiary/aromatic N) is 4.